The van der Waals surface area contributed by atoms with E-state index in [0.29, 0.717) is 29.5 Å². The van der Waals surface area contributed by atoms with Gasteiger partial charge >= 0.3 is 5.97 Å². The van der Waals surface area contributed by atoms with Gasteiger partial charge in [-0.2, -0.15) is 0 Å². The topological polar surface area (TPSA) is 67.8 Å². The second-order valence-electron chi connectivity index (χ2n) is 6.04. The number of esters is 1. The monoisotopic (exact) mass is 389 g/mol. The van der Waals surface area contributed by atoms with Gasteiger partial charge in [0.25, 0.3) is 0 Å². The van der Waals surface area contributed by atoms with Crippen LogP contribution in [0.25, 0.3) is 0 Å². The zero-order valence-corrected chi connectivity index (χ0v) is 16.4. The summed E-state index contributed by atoms with van der Waals surface area (Å²) in [5.41, 5.74) is 2.43. The molecule has 2 N–H and O–H groups in total. The molecule has 0 fully saturated rings. The number of phenols is 1. The quantitative estimate of drug-likeness (QED) is 0.288. The van der Waals surface area contributed by atoms with Gasteiger partial charge < -0.3 is 19.9 Å². The van der Waals surface area contributed by atoms with Gasteiger partial charge in [-0.15, -0.1) is 0 Å². The van der Waals surface area contributed by atoms with Crippen LogP contribution in [0.2, 0.25) is 5.02 Å². The smallest absolute Gasteiger partial charge is 0.334 e. The lowest BCUT2D eigenvalue weighted by molar-refractivity contribution is -0.137. The van der Waals surface area contributed by atoms with Crippen molar-refractivity contribution < 1.29 is 19.4 Å². The predicted molar refractivity (Wildman–Crippen MR) is 107 cm³/mol. The minimum atomic E-state index is -0.461. The number of aromatic hydroxyl groups is 1. The van der Waals surface area contributed by atoms with Crippen molar-refractivity contribution in [3.05, 3.63) is 70.4 Å². The Morgan fingerprint density at radius 3 is 2.70 bits per heavy atom. The molecular formula is C21H24ClNO4. The number of hydrogen-bond acceptors (Lipinski definition) is 5. The Balaban J connectivity index is 2.33. The van der Waals surface area contributed by atoms with Gasteiger partial charge in [0, 0.05) is 11.4 Å². The van der Waals surface area contributed by atoms with Crippen LogP contribution in [0.3, 0.4) is 0 Å². The molecule has 2 rings (SSSR count). The highest BCUT2D eigenvalue weighted by molar-refractivity contribution is 6.30. The third kappa shape index (κ3) is 6.22. The molecule has 0 saturated heterocycles. The summed E-state index contributed by atoms with van der Waals surface area (Å²) in [6, 6.07) is 12.5. The van der Waals surface area contributed by atoms with E-state index in [2.05, 4.69) is 5.32 Å². The van der Waals surface area contributed by atoms with Gasteiger partial charge in [0.1, 0.15) is 11.5 Å². The lowest BCUT2D eigenvalue weighted by Crippen LogP contribution is -2.13. The number of hydrogen-bond donors (Lipinski definition) is 2. The zero-order valence-electron chi connectivity index (χ0n) is 15.7. The molecule has 0 heterocycles. The van der Waals surface area contributed by atoms with E-state index in [0.717, 1.165) is 11.1 Å². The molecule has 0 aliphatic heterocycles. The van der Waals surface area contributed by atoms with Crippen LogP contribution >= 0.6 is 11.6 Å². The van der Waals surface area contributed by atoms with Crippen molar-refractivity contribution in [1.29, 1.82) is 0 Å². The summed E-state index contributed by atoms with van der Waals surface area (Å²) >= 11 is 6.14. The van der Waals surface area contributed by atoms with E-state index in [1.807, 2.05) is 37.3 Å². The molecular weight excluding hydrogens is 366 g/mol. The zero-order chi connectivity index (χ0) is 19.8. The lowest BCUT2D eigenvalue weighted by Gasteiger charge is -2.22. The summed E-state index contributed by atoms with van der Waals surface area (Å²) in [6.45, 7) is 3.94. The Labute approximate surface area is 164 Å². The van der Waals surface area contributed by atoms with Crippen molar-refractivity contribution >= 4 is 23.3 Å². The first kappa shape index (κ1) is 20.6. The van der Waals surface area contributed by atoms with E-state index in [4.69, 9.17) is 21.1 Å². The van der Waals surface area contributed by atoms with Crippen LogP contribution in [0.15, 0.2) is 54.3 Å². The number of rotatable bonds is 8. The van der Waals surface area contributed by atoms with Gasteiger partial charge in [-0.05, 0) is 49.2 Å². The van der Waals surface area contributed by atoms with Crippen molar-refractivity contribution in [2.45, 2.75) is 26.3 Å². The Kier molecular flexibility index (Phi) is 7.55. The van der Waals surface area contributed by atoms with Crippen molar-refractivity contribution in [3.8, 4) is 5.75 Å². The van der Waals surface area contributed by atoms with E-state index < -0.39 is 5.97 Å². The number of benzene rings is 2. The van der Waals surface area contributed by atoms with Crippen molar-refractivity contribution in [2.75, 3.05) is 19.0 Å². The van der Waals surface area contributed by atoms with Gasteiger partial charge in [-0.1, -0.05) is 29.8 Å². The summed E-state index contributed by atoms with van der Waals surface area (Å²) in [6.07, 6.45) is 1.70. The average Bonchev–Trinajstić information content (AvgIpc) is 2.62. The SMILES string of the molecule is CCOC(=O)/C=C(\CC(Nc1ccc(C)cc1O)c1cccc(Cl)c1)OC. The van der Waals surface area contributed by atoms with Gasteiger partial charge in [-0.25, -0.2) is 4.79 Å². The molecule has 2 aromatic carbocycles. The minimum Gasteiger partial charge on any atom is -0.506 e. The average molecular weight is 390 g/mol. The minimum absolute atomic E-state index is 0.148. The molecule has 27 heavy (non-hydrogen) atoms. The maximum absolute atomic E-state index is 11.8. The first-order valence-electron chi connectivity index (χ1n) is 8.65. The molecule has 1 atom stereocenters. The fraction of sp³-hybridized carbons (Fsp3) is 0.286. The highest BCUT2D eigenvalue weighted by Crippen LogP contribution is 2.32. The highest BCUT2D eigenvalue weighted by atomic mass is 35.5. The number of halogens is 1. The van der Waals surface area contributed by atoms with Crippen LogP contribution in [0, 0.1) is 6.92 Å². The second kappa shape index (κ2) is 9.88. The van der Waals surface area contributed by atoms with Crippen molar-refractivity contribution in [1.82, 2.24) is 0 Å². The largest absolute Gasteiger partial charge is 0.506 e. The number of anilines is 1. The number of phenolic OH excluding ortho intramolecular Hbond substituents is 1. The standard InChI is InChI=1S/C21H24ClNO4/c1-4-27-21(25)13-17(26-3)12-19(15-6-5-7-16(22)11-15)23-18-9-8-14(2)10-20(18)24/h5-11,13,19,23-24H,4,12H2,1-3H3/b17-13+. The Bertz CT molecular complexity index is 820. The summed E-state index contributed by atoms with van der Waals surface area (Å²) < 4.78 is 10.3. The molecule has 144 valence electrons. The number of carbonyl (C=O) groups excluding carboxylic acids is 1. The van der Waals surface area contributed by atoms with Crippen molar-refractivity contribution in [3.63, 3.8) is 0 Å². The van der Waals surface area contributed by atoms with Gasteiger partial charge in [-0.3, -0.25) is 0 Å². The van der Waals surface area contributed by atoms with Crippen molar-refractivity contribution in [2.24, 2.45) is 0 Å². The fourth-order valence-electron chi connectivity index (χ4n) is 2.64. The molecule has 0 aliphatic rings. The van der Waals surface area contributed by atoms with Crippen LogP contribution in [-0.2, 0) is 14.3 Å². The normalized spacial score (nSPS) is 12.4. The fourth-order valence-corrected chi connectivity index (χ4v) is 2.84. The van der Waals surface area contributed by atoms with Gasteiger partial charge in [0.05, 0.1) is 31.5 Å². The molecule has 0 aliphatic carbocycles. The maximum Gasteiger partial charge on any atom is 0.334 e. The molecule has 6 heteroatoms. The maximum atomic E-state index is 11.8. The van der Waals surface area contributed by atoms with Crippen LogP contribution in [0.5, 0.6) is 5.75 Å². The molecule has 2 aromatic rings. The van der Waals surface area contributed by atoms with Crippen LogP contribution in [0.1, 0.15) is 30.5 Å². The number of nitrogens with one attached hydrogen (secondary N) is 1. The van der Waals surface area contributed by atoms with Crippen LogP contribution < -0.4 is 5.32 Å². The van der Waals surface area contributed by atoms with E-state index in [-0.39, 0.29) is 11.8 Å². The Morgan fingerprint density at radius 1 is 1.30 bits per heavy atom. The van der Waals surface area contributed by atoms with E-state index >= 15 is 0 Å². The molecule has 1 unspecified atom stereocenters. The molecule has 0 aromatic heterocycles. The van der Waals surface area contributed by atoms with Gasteiger partial charge in [0.2, 0.25) is 0 Å². The van der Waals surface area contributed by atoms with E-state index in [9.17, 15) is 9.90 Å². The second-order valence-corrected chi connectivity index (χ2v) is 6.48. The van der Waals surface area contributed by atoms with Crippen LogP contribution in [-0.4, -0.2) is 24.8 Å². The molecule has 0 bridgehead atoms. The molecule has 0 radical (unpaired) electrons. The number of aryl methyl sites for hydroxylation is 1. The molecule has 0 amide bonds. The number of carbonyl (C=O) groups is 1. The molecule has 0 spiro atoms. The first-order chi connectivity index (χ1) is 12.9. The van der Waals surface area contributed by atoms with Gasteiger partial charge in [0.15, 0.2) is 0 Å². The summed E-state index contributed by atoms with van der Waals surface area (Å²) in [5, 5.41) is 14.1. The summed E-state index contributed by atoms with van der Waals surface area (Å²) in [4.78, 5) is 11.8. The van der Waals surface area contributed by atoms with E-state index in [1.165, 1.54) is 13.2 Å². The lowest BCUT2D eigenvalue weighted by atomic mass is 10.0. The van der Waals surface area contributed by atoms with Crippen LogP contribution in [0.4, 0.5) is 5.69 Å². The molecule has 5 nitrogen and oxygen atoms in total. The number of methoxy groups -OCH3 is 1. The number of ether oxygens (including phenoxy) is 2. The Morgan fingerprint density at radius 2 is 2.07 bits per heavy atom. The third-order valence-corrected chi connectivity index (χ3v) is 4.20. The summed E-state index contributed by atoms with van der Waals surface area (Å²) in [7, 11) is 1.50. The predicted octanol–water partition coefficient (Wildman–Crippen LogP) is 4.99. The van der Waals surface area contributed by atoms with E-state index in [1.54, 1.807) is 19.1 Å². The third-order valence-electron chi connectivity index (χ3n) is 3.97. The Hall–Kier alpha value is -2.66. The molecule has 0 saturated carbocycles. The summed E-state index contributed by atoms with van der Waals surface area (Å²) in [5.74, 6) is 0.144. The first-order valence-corrected chi connectivity index (χ1v) is 9.03. The highest BCUT2D eigenvalue weighted by Gasteiger charge is 2.17.